The highest BCUT2D eigenvalue weighted by atomic mass is 35.5. The molecule has 3 aromatic rings. The minimum Gasteiger partial charge on any atom is -0.488 e. The molecule has 0 amide bonds. The van der Waals surface area contributed by atoms with Crippen LogP contribution in [0.4, 0.5) is 8.78 Å². The topological polar surface area (TPSA) is 21.3 Å². The third kappa shape index (κ3) is 5.28. The molecule has 0 bridgehead atoms. The molecule has 0 heterocycles. The number of nitrogens with one attached hydrogen (secondary N) is 1. The Morgan fingerprint density at radius 3 is 2.30 bits per heavy atom. The third-order valence-electron chi connectivity index (χ3n) is 4.25. The first-order valence-corrected chi connectivity index (χ1v) is 9.10. The van der Waals surface area contributed by atoms with Crippen LogP contribution >= 0.6 is 11.6 Å². The molecule has 0 fully saturated rings. The third-order valence-corrected chi connectivity index (χ3v) is 4.60. The Labute approximate surface area is 162 Å². The highest BCUT2D eigenvalue weighted by molar-refractivity contribution is 6.31. The average molecular weight is 388 g/mol. The van der Waals surface area contributed by atoms with Crippen LogP contribution in [0.1, 0.15) is 16.7 Å². The van der Waals surface area contributed by atoms with Crippen molar-refractivity contribution in [2.75, 3.05) is 6.54 Å². The molecule has 0 aromatic heterocycles. The van der Waals surface area contributed by atoms with E-state index in [1.54, 1.807) is 24.3 Å². The number of halogens is 3. The van der Waals surface area contributed by atoms with E-state index in [4.69, 9.17) is 16.3 Å². The Kier molecular flexibility index (Phi) is 6.80. The Morgan fingerprint density at radius 1 is 0.815 bits per heavy atom. The lowest BCUT2D eigenvalue weighted by molar-refractivity contribution is 0.296. The van der Waals surface area contributed by atoms with E-state index in [0.717, 1.165) is 5.56 Å². The number of benzene rings is 3. The van der Waals surface area contributed by atoms with Crippen LogP contribution in [-0.4, -0.2) is 6.54 Å². The quantitative estimate of drug-likeness (QED) is 0.513. The van der Waals surface area contributed by atoms with Crippen molar-refractivity contribution in [3.05, 3.63) is 100 Å². The zero-order valence-corrected chi connectivity index (χ0v) is 15.5. The van der Waals surface area contributed by atoms with Gasteiger partial charge in [-0.3, -0.25) is 0 Å². The normalized spacial score (nSPS) is 10.8. The van der Waals surface area contributed by atoms with Crippen molar-refractivity contribution < 1.29 is 13.5 Å². The van der Waals surface area contributed by atoms with Crippen molar-refractivity contribution in [3.63, 3.8) is 0 Å². The van der Waals surface area contributed by atoms with Crippen molar-refractivity contribution in [1.82, 2.24) is 5.32 Å². The first-order valence-electron chi connectivity index (χ1n) is 8.73. The van der Waals surface area contributed by atoms with Crippen molar-refractivity contribution in [3.8, 4) is 5.75 Å². The van der Waals surface area contributed by atoms with Gasteiger partial charge in [0.2, 0.25) is 0 Å². The molecule has 2 nitrogen and oxygen atoms in total. The largest absolute Gasteiger partial charge is 0.488 e. The molecule has 5 heteroatoms. The van der Waals surface area contributed by atoms with Crippen LogP contribution in [0, 0.1) is 11.6 Å². The first-order chi connectivity index (χ1) is 13.1. The lowest BCUT2D eigenvalue weighted by Gasteiger charge is -2.13. The van der Waals surface area contributed by atoms with E-state index in [-0.39, 0.29) is 18.2 Å². The van der Waals surface area contributed by atoms with E-state index in [1.807, 2.05) is 30.3 Å². The minimum absolute atomic E-state index is 0.0533. The Bertz CT molecular complexity index is 881. The number of ether oxygens (including phenoxy) is 1. The van der Waals surface area contributed by atoms with Gasteiger partial charge >= 0.3 is 0 Å². The van der Waals surface area contributed by atoms with Gasteiger partial charge in [0.1, 0.15) is 24.0 Å². The molecule has 1 N–H and O–H groups in total. The standard InChI is InChI=1S/C22H20ClF2NO/c23-19-8-5-10-21(25)18(19)15-27-22-11-4-2-7-17(22)14-26-13-12-16-6-1-3-9-20(16)24/h1-11,26H,12-15H2. The van der Waals surface area contributed by atoms with Gasteiger partial charge in [-0.1, -0.05) is 54.1 Å². The van der Waals surface area contributed by atoms with Crippen LogP contribution in [-0.2, 0) is 19.6 Å². The number of hydrogen-bond donors (Lipinski definition) is 1. The highest BCUT2D eigenvalue weighted by Gasteiger charge is 2.09. The van der Waals surface area contributed by atoms with E-state index in [9.17, 15) is 8.78 Å². The molecule has 0 spiro atoms. The zero-order chi connectivity index (χ0) is 19.1. The smallest absolute Gasteiger partial charge is 0.131 e. The van der Waals surface area contributed by atoms with Gasteiger partial charge in [-0.2, -0.15) is 0 Å². The lowest BCUT2D eigenvalue weighted by Crippen LogP contribution is -2.17. The molecular formula is C22H20ClF2NO. The number of hydrogen-bond acceptors (Lipinski definition) is 2. The fraction of sp³-hybridized carbons (Fsp3) is 0.182. The average Bonchev–Trinajstić information content (AvgIpc) is 2.67. The summed E-state index contributed by atoms with van der Waals surface area (Å²) in [5.74, 6) is 0.0861. The summed E-state index contributed by atoms with van der Waals surface area (Å²) in [6, 6.07) is 18.9. The molecule has 140 valence electrons. The van der Waals surface area contributed by atoms with E-state index >= 15 is 0 Å². The van der Waals surface area contributed by atoms with Gasteiger partial charge in [-0.05, 0) is 42.8 Å². The summed E-state index contributed by atoms with van der Waals surface area (Å²) in [5.41, 5.74) is 1.96. The molecule has 27 heavy (non-hydrogen) atoms. The Balaban J connectivity index is 1.57. The molecule has 0 atom stereocenters. The van der Waals surface area contributed by atoms with Crippen molar-refractivity contribution >= 4 is 11.6 Å². The van der Waals surface area contributed by atoms with E-state index in [0.29, 0.717) is 41.4 Å². The van der Waals surface area contributed by atoms with Crippen LogP contribution in [0.25, 0.3) is 0 Å². The molecule has 0 saturated heterocycles. The van der Waals surface area contributed by atoms with Crippen molar-refractivity contribution in [2.24, 2.45) is 0 Å². The summed E-state index contributed by atoms with van der Waals surface area (Å²) >= 11 is 6.05. The van der Waals surface area contributed by atoms with Crippen LogP contribution < -0.4 is 10.1 Å². The van der Waals surface area contributed by atoms with E-state index < -0.39 is 0 Å². The summed E-state index contributed by atoms with van der Waals surface area (Å²) in [5, 5.41) is 3.63. The van der Waals surface area contributed by atoms with Gasteiger partial charge in [-0.15, -0.1) is 0 Å². The molecular weight excluding hydrogens is 368 g/mol. The lowest BCUT2D eigenvalue weighted by atomic mass is 10.1. The van der Waals surface area contributed by atoms with Gasteiger partial charge in [-0.25, -0.2) is 8.78 Å². The zero-order valence-electron chi connectivity index (χ0n) is 14.7. The van der Waals surface area contributed by atoms with Gasteiger partial charge in [0, 0.05) is 17.7 Å². The molecule has 0 unspecified atom stereocenters. The molecule has 0 radical (unpaired) electrons. The van der Waals surface area contributed by atoms with Crippen LogP contribution in [0.3, 0.4) is 0 Å². The first kappa shape index (κ1) is 19.3. The molecule has 3 rings (SSSR count). The molecule has 3 aromatic carbocycles. The SMILES string of the molecule is Fc1ccccc1CCNCc1ccccc1OCc1c(F)cccc1Cl. The fourth-order valence-corrected chi connectivity index (χ4v) is 2.98. The molecule has 0 aliphatic carbocycles. The van der Waals surface area contributed by atoms with Crippen LogP contribution in [0.15, 0.2) is 66.7 Å². The Hall–Kier alpha value is -2.43. The summed E-state index contributed by atoms with van der Waals surface area (Å²) in [6.45, 7) is 1.25. The predicted molar refractivity (Wildman–Crippen MR) is 104 cm³/mol. The summed E-state index contributed by atoms with van der Waals surface area (Å²) in [7, 11) is 0. The molecule has 0 aliphatic rings. The highest BCUT2D eigenvalue weighted by Crippen LogP contribution is 2.23. The molecule has 0 saturated carbocycles. The second kappa shape index (κ2) is 9.49. The number of para-hydroxylation sites is 1. The maximum absolute atomic E-state index is 13.9. The second-order valence-electron chi connectivity index (χ2n) is 6.11. The minimum atomic E-state index is -0.386. The molecule has 0 aliphatic heterocycles. The summed E-state index contributed by atoms with van der Waals surface area (Å²) in [6.07, 6.45) is 0.598. The van der Waals surface area contributed by atoms with Crippen LogP contribution in [0.2, 0.25) is 5.02 Å². The monoisotopic (exact) mass is 387 g/mol. The maximum atomic E-state index is 13.9. The van der Waals surface area contributed by atoms with E-state index in [1.165, 1.54) is 12.1 Å². The van der Waals surface area contributed by atoms with Crippen molar-refractivity contribution in [1.29, 1.82) is 0 Å². The number of rotatable bonds is 8. The van der Waals surface area contributed by atoms with Gasteiger partial charge in [0.15, 0.2) is 0 Å². The van der Waals surface area contributed by atoms with Crippen molar-refractivity contribution in [2.45, 2.75) is 19.6 Å². The van der Waals surface area contributed by atoms with Gasteiger partial charge in [0.05, 0.1) is 5.02 Å². The summed E-state index contributed by atoms with van der Waals surface area (Å²) in [4.78, 5) is 0. The van der Waals surface area contributed by atoms with Gasteiger partial charge in [0.25, 0.3) is 0 Å². The Morgan fingerprint density at radius 2 is 1.52 bits per heavy atom. The predicted octanol–water partition coefficient (Wildman–Crippen LogP) is 5.53. The van der Waals surface area contributed by atoms with E-state index in [2.05, 4.69) is 5.32 Å². The maximum Gasteiger partial charge on any atom is 0.131 e. The van der Waals surface area contributed by atoms with Crippen LogP contribution in [0.5, 0.6) is 5.75 Å². The second-order valence-corrected chi connectivity index (χ2v) is 6.52. The summed E-state index contributed by atoms with van der Waals surface area (Å²) < 4.78 is 33.3. The van der Waals surface area contributed by atoms with Gasteiger partial charge < -0.3 is 10.1 Å². The fourth-order valence-electron chi connectivity index (χ4n) is 2.76.